The maximum Gasteiger partial charge on any atom is 0.323 e. The van der Waals surface area contributed by atoms with Gasteiger partial charge in [-0.15, -0.1) is 0 Å². The first-order valence-electron chi connectivity index (χ1n) is 5.81. The number of likely N-dealkylation sites (N-methyl/N-ethyl adjacent to an activating group) is 1. The van der Waals surface area contributed by atoms with Gasteiger partial charge in [0.05, 0.1) is 25.2 Å². The van der Waals surface area contributed by atoms with Gasteiger partial charge >= 0.3 is 5.97 Å². The lowest BCUT2D eigenvalue weighted by molar-refractivity contribution is -0.384. The second-order valence-electron chi connectivity index (χ2n) is 3.86. The molecule has 0 saturated carbocycles. The molecule has 0 aliphatic heterocycles. The van der Waals surface area contributed by atoms with Gasteiger partial charge in [-0.05, 0) is 6.92 Å². The highest BCUT2D eigenvalue weighted by Gasteiger charge is 2.24. The molecule has 0 heterocycles. The van der Waals surface area contributed by atoms with Crippen LogP contribution in [-0.2, 0) is 4.79 Å². The number of nitro groups is 1. The number of hydrogen-bond donors (Lipinski definition) is 1. The molecule has 0 amide bonds. The molecule has 0 spiro atoms. The van der Waals surface area contributed by atoms with Crippen LogP contribution in [0.25, 0.3) is 0 Å². The van der Waals surface area contributed by atoms with Gasteiger partial charge in [0.25, 0.3) is 5.69 Å². The van der Waals surface area contributed by atoms with Crippen molar-refractivity contribution >= 4 is 17.3 Å². The van der Waals surface area contributed by atoms with Crippen molar-refractivity contribution in [3.05, 3.63) is 22.2 Å². The van der Waals surface area contributed by atoms with E-state index in [2.05, 4.69) is 0 Å². The first-order chi connectivity index (χ1) is 9.44. The fourth-order valence-electron chi connectivity index (χ4n) is 1.79. The zero-order chi connectivity index (χ0) is 15.3. The Morgan fingerprint density at radius 1 is 1.35 bits per heavy atom. The summed E-state index contributed by atoms with van der Waals surface area (Å²) in [5, 5.41) is 20.0. The van der Waals surface area contributed by atoms with Gasteiger partial charge in [-0.25, -0.2) is 0 Å². The highest BCUT2D eigenvalue weighted by Crippen LogP contribution is 2.39. The molecule has 0 aromatic heterocycles. The molecular weight excluding hydrogens is 268 g/mol. The Bertz CT molecular complexity index is 517. The Kier molecular flexibility index (Phi) is 5.13. The van der Waals surface area contributed by atoms with Crippen LogP contribution in [0.4, 0.5) is 11.4 Å². The lowest BCUT2D eigenvalue weighted by Crippen LogP contribution is -2.29. The third kappa shape index (κ3) is 3.28. The van der Waals surface area contributed by atoms with Gasteiger partial charge in [-0.2, -0.15) is 0 Å². The highest BCUT2D eigenvalue weighted by atomic mass is 16.6. The molecule has 0 aliphatic carbocycles. The van der Waals surface area contributed by atoms with E-state index in [1.165, 1.54) is 31.3 Å². The van der Waals surface area contributed by atoms with E-state index in [0.29, 0.717) is 12.3 Å². The van der Waals surface area contributed by atoms with E-state index in [1.54, 1.807) is 6.92 Å². The van der Waals surface area contributed by atoms with Crippen LogP contribution in [0.2, 0.25) is 0 Å². The van der Waals surface area contributed by atoms with E-state index in [9.17, 15) is 14.9 Å². The largest absolute Gasteiger partial charge is 0.493 e. The minimum absolute atomic E-state index is 0.178. The van der Waals surface area contributed by atoms with Gasteiger partial charge in [-0.3, -0.25) is 14.9 Å². The van der Waals surface area contributed by atoms with E-state index >= 15 is 0 Å². The molecule has 20 heavy (non-hydrogen) atoms. The van der Waals surface area contributed by atoms with Crippen molar-refractivity contribution in [1.29, 1.82) is 0 Å². The predicted molar refractivity (Wildman–Crippen MR) is 71.7 cm³/mol. The maximum atomic E-state index is 11.1. The zero-order valence-electron chi connectivity index (χ0n) is 11.5. The number of anilines is 1. The summed E-state index contributed by atoms with van der Waals surface area (Å²) in [7, 11) is 2.77. The number of aliphatic carboxylic acids is 1. The first kappa shape index (κ1) is 15.5. The molecule has 0 atom stereocenters. The van der Waals surface area contributed by atoms with E-state index in [4.69, 9.17) is 14.6 Å². The summed E-state index contributed by atoms with van der Waals surface area (Å²) in [5.41, 5.74) is -0.0525. The lowest BCUT2D eigenvalue weighted by Gasteiger charge is -2.21. The van der Waals surface area contributed by atoms with Gasteiger partial charge in [0.2, 0.25) is 0 Å². The third-order valence-corrected chi connectivity index (χ3v) is 2.73. The van der Waals surface area contributed by atoms with Crippen molar-refractivity contribution in [1.82, 2.24) is 0 Å². The number of nitro benzene ring substituents is 1. The Balaban J connectivity index is 3.40. The smallest absolute Gasteiger partial charge is 0.323 e. The molecular formula is C12H16N2O6. The summed E-state index contributed by atoms with van der Waals surface area (Å²) < 4.78 is 10.1. The summed E-state index contributed by atoms with van der Waals surface area (Å²) in [6.07, 6.45) is 0. The van der Waals surface area contributed by atoms with Crippen LogP contribution in [0.3, 0.4) is 0 Å². The van der Waals surface area contributed by atoms with Crippen LogP contribution in [0.1, 0.15) is 6.92 Å². The predicted octanol–water partition coefficient (Wildman–Crippen LogP) is 1.52. The van der Waals surface area contributed by atoms with Gasteiger partial charge in [0.15, 0.2) is 11.5 Å². The van der Waals surface area contributed by atoms with E-state index in [1.807, 2.05) is 0 Å². The molecule has 1 aromatic rings. The quantitative estimate of drug-likeness (QED) is 0.598. The second-order valence-corrected chi connectivity index (χ2v) is 3.86. The molecule has 8 nitrogen and oxygen atoms in total. The average Bonchev–Trinajstić information content (AvgIpc) is 2.42. The molecule has 0 saturated heterocycles. The van der Waals surface area contributed by atoms with Crippen LogP contribution >= 0.6 is 0 Å². The van der Waals surface area contributed by atoms with Gasteiger partial charge < -0.3 is 19.5 Å². The van der Waals surface area contributed by atoms with E-state index in [0.717, 1.165) is 0 Å². The number of carboxylic acids is 1. The van der Waals surface area contributed by atoms with Crippen LogP contribution in [-0.4, -0.2) is 43.3 Å². The molecule has 1 N–H and O–H groups in total. The minimum Gasteiger partial charge on any atom is -0.493 e. The summed E-state index contributed by atoms with van der Waals surface area (Å²) in [6, 6.07) is 2.63. The number of rotatable bonds is 7. The standard InChI is InChI=1S/C12H16N2O6/c1-4-13(7-12(15)16)8-5-10(19-2)11(20-3)6-9(8)14(17)18/h5-6H,4,7H2,1-3H3,(H,15,16). The second kappa shape index (κ2) is 6.60. The van der Waals surface area contributed by atoms with Crippen molar-refractivity contribution < 1.29 is 24.3 Å². The Morgan fingerprint density at radius 2 is 1.90 bits per heavy atom. The molecule has 0 bridgehead atoms. The molecule has 0 aliphatic rings. The normalized spacial score (nSPS) is 9.95. The molecule has 0 radical (unpaired) electrons. The van der Waals surface area contributed by atoms with Crippen LogP contribution in [0.15, 0.2) is 12.1 Å². The fourth-order valence-corrected chi connectivity index (χ4v) is 1.79. The lowest BCUT2D eigenvalue weighted by atomic mass is 10.2. The number of nitrogens with zero attached hydrogens (tertiary/aromatic N) is 2. The number of carboxylic acid groups (broad SMARTS) is 1. The number of hydrogen-bond acceptors (Lipinski definition) is 6. The van der Waals surface area contributed by atoms with Crippen molar-refractivity contribution in [3.63, 3.8) is 0 Å². The van der Waals surface area contributed by atoms with Crippen LogP contribution in [0, 0.1) is 10.1 Å². The Labute approximate surface area is 115 Å². The first-order valence-corrected chi connectivity index (χ1v) is 5.81. The molecule has 1 rings (SSSR count). The third-order valence-electron chi connectivity index (χ3n) is 2.73. The fraction of sp³-hybridized carbons (Fsp3) is 0.417. The minimum atomic E-state index is -1.07. The molecule has 0 fully saturated rings. The molecule has 110 valence electrons. The van der Waals surface area contributed by atoms with Gasteiger partial charge in [0, 0.05) is 12.6 Å². The van der Waals surface area contributed by atoms with E-state index in [-0.39, 0.29) is 23.7 Å². The van der Waals surface area contributed by atoms with Crippen molar-refractivity contribution in [3.8, 4) is 11.5 Å². The van der Waals surface area contributed by atoms with Gasteiger partial charge in [-0.1, -0.05) is 0 Å². The Hall–Kier alpha value is -2.51. The SMILES string of the molecule is CCN(CC(=O)O)c1cc(OC)c(OC)cc1[N+](=O)[O-]. The number of carbonyl (C=O) groups is 1. The topological polar surface area (TPSA) is 102 Å². The summed E-state index contributed by atoms with van der Waals surface area (Å²) >= 11 is 0. The molecule has 8 heteroatoms. The number of benzene rings is 1. The maximum absolute atomic E-state index is 11.1. The summed E-state index contributed by atoms with van der Waals surface area (Å²) in [4.78, 5) is 22.8. The summed E-state index contributed by atoms with van der Waals surface area (Å²) in [6.45, 7) is 1.68. The highest BCUT2D eigenvalue weighted by molar-refractivity contribution is 5.77. The average molecular weight is 284 g/mol. The van der Waals surface area contributed by atoms with Crippen molar-refractivity contribution in [2.24, 2.45) is 0 Å². The molecule has 0 unspecified atom stereocenters. The van der Waals surface area contributed by atoms with Crippen LogP contribution < -0.4 is 14.4 Å². The number of ether oxygens (including phenoxy) is 2. The monoisotopic (exact) mass is 284 g/mol. The number of methoxy groups -OCH3 is 2. The Morgan fingerprint density at radius 3 is 2.30 bits per heavy atom. The van der Waals surface area contributed by atoms with Crippen LogP contribution in [0.5, 0.6) is 11.5 Å². The zero-order valence-corrected chi connectivity index (χ0v) is 11.5. The van der Waals surface area contributed by atoms with Crippen molar-refractivity contribution in [2.45, 2.75) is 6.92 Å². The van der Waals surface area contributed by atoms with E-state index < -0.39 is 10.9 Å². The molecule has 1 aromatic carbocycles. The van der Waals surface area contributed by atoms with Gasteiger partial charge in [0.1, 0.15) is 12.2 Å². The van der Waals surface area contributed by atoms with Crippen molar-refractivity contribution in [2.75, 3.05) is 32.2 Å². The summed E-state index contributed by atoms with van der Waals surface area (Å²) in [5.74, 6) is -0.554.